The van der Waals surface area contributed by atoms with E-state index >= 15 is 0 Å². The Kier molecular flexibility index (Phi) is 4.28. The molecule has 0 N–H and O–H groups in total. The average Bonchev–Trinajstić information content (AvgIpc) is 3.20. The Morgan fingerprint density at radius 3 is 2.76 bits per heavy atom. The number of rotatable bonds is 3. The van der Waals surface area contributed by atoms with Gasteiger partial charge in [0.25, 0.3) is 5.92 Å². The summed E-state index contributed by atoms with van der Waals surface area (Å²) in [6, 6.07) is 8.05. The molecule has 2 saturated heterocycles. The van der Waals surface area contributed by atoms with E-state index in [1.54, 1.807) is 23.7 Å². The first kappa shape index (κ1) is 16.9. The molecule has 0 aromatic carbocycles. The minimum atomic E-state index is -2.61. The molecular formula is C19H23F2N3S. The maximum Gasteiger partial charge on any atom is 0.257 e. The van der Waals surface area contributed by atoms with Gasteiger partial charge in [0.05, 0.1) is 17.3 Å². The van der Waals surface area contributed by atoms with Crippen LogP contribution in [0.15, 0.2) is 36.7 Å². The van der Waals surface area contributed by atoms with Crippen LogP contribution in [0.1, 0.15) is 22.6 Å². The van der Waals surface area contributed by atoms with Gasteiger partial charge in [0.2, 0.25) is 0 Å². The summed E-state index contributed by atoms with van der Waals surface area (Å²) in [4.78, 5) is 11.0. The summed E-state index contributed by atoms with van der Waals surface area (Å²) in [7, 11) is 0. The van der Waals surface area contributed by atoms with Crippen LogP contribution in [0.3, 0.4) is 0 Å². The molecule has 4 rings (SSSR count). The fourth-order valence-electron chi connectivity index (χ4n) is 4.17. The zero-order valence-electron chi connectivity index (χ0n) is 14.4. The third kappa shape index (κ3) is 3.17. The number of hydrogen-bond donors (Lipinski definition) is 0. The molecule has 2 aliphatic heterocycles. The Hall–Kier alpha value is -1.53. The van der Waals surface area contributed by atoms with Crippen LogP contribution in [0.25, 0.3) is 0 Å². The molecule has 0 unspecified atom stereocenters. The van der Waals surface area contributed by atoms with Crippen molar-refractivity contribution in [2.45, 2.75) is 32.2 Å². The van der Waals surface area contributed by atoms with E-state index in [9.17, 15) is 8.78 Å². The van der Waals surface area contributed by atoms with Gasteiger partial charge in [-0.05, 0) is 37.6 Å². The highest BCUT2D eigenvalue weighted by Gasteiger charge is 2.59. The smallest absolute Gasteiger partial charge is 0.257 e. The molecule has 0 aliphatic carbocycles. The SMILES string of the molecule is Cc1ccc(CN2CCC(F)(F)[C@@]3(CCN(c4cccnc4)C3)C2)s1. The first-order valence-electron chi connectivity index (χ1n) is 8.78. The Morgan fingerprint density at radius 1 is 1.16 bits per heavy atom. The standard InChI is InChI=1S/C19H23F2N3S/c1-15-4-5-17(25-15)12-23-9-7-19(20,21)18(13-23)6-10-24(14-18)16-3-2-8-22-11-16/h2-5,8,11H,6-7,9-10,12-14H2,1H3/t18-/m0/s1. The lowest BCUT2D eigenvalue weighted by atomic mass is 9.75. The predicted molar refractivity (Wildman–Crippen MR) is 97.4 cm³/mol. The molecule has 0 bridgehead atoms. The number of likely N-dealkylation sites (tertiary alicyclic amines) is 1. The van der Waals surface area contributed by atoms with Gasteiger partial charge in [0.15, 0.2) is 0 Å². The number of aryl methyl sites for hydroxylation is 1. The maximum atomic E-state index is 14.9. The molecule has 0 radical (unpaired) electrons. The van der Waals surface area contributed by atoms with Crippen molar-refractivity contribution in [2.24, 2.45) is 5.41 Å². The summed E-state index contributed by atoms with van der Waals surface area (Å²) in [5, 5.41) is 0. The normalized spacial score (nSPS) is 26.4. The third-order valence-corrected chi connectivity index (χ3v) is 6.57. The Balaban J connectivity index is 1.52. The second kappa shape index (κ2) is 6.32. The summed E-state index contributed by atoms with van der Waals surface area (Å²) in [5.41, 5.74) is -0.00546. The Bertz CT molecular complexity index is 733. The van der Waals surface area contributed by atoms with Crippen molar-refractivity contribution < 1.29 is 8.78 Å². The zero-order valence-corrected chi connectivity index (χ0v) is 15.2. The average molecular weight is 363 g/mol. The predicted octanol–water partition coefficient (Wildman–Crippen LogP) is 4.19. The van der Waals surface area contributed by atoms with Gasteiger partial charge < -0.3 is 4.90 Å². The summed E-state index contributed by atoms with van der Waals surface area (Å²) in [5.74, 6) is -2.61. The molecule has 1 spiro atoms. The molecule has 134 valence electrons. The van der Waals surface area contributed by atoms with Gasteiger partial charge in [-0.15, -0.1) is 11.3 Å². The van der Waals surface area contributed by atoms with Crippen molar-refractivity contribution in [3.8, 4) is 0 Å². The molecule has 1 atom stereocenters. The van der Waals surface area contributed by atoms with Gasteiger partial charge in [-0.1, -0.05) is 0 Å². The summed E-state index contributed by atoms with van der Waals surface area (Å²) >= 11 is 1.76. The summed E-state index contributed by atoms with van der Waals surface area (Å²) in [6.07, 6.45) is 3.98. The molecule has 0 saturated carbocycles. The number of piperidine rings is 1. The second-order valence-electron chi connectivity index (χ2n) is 7.34. The lowest BCUT2D eigenvalue weighted by Gasteiger charge is -2.46. The molecule has 2 aromatic rings. The quantitative estimate of drug-likeness (QED) is 0.815. The number of nitrogens with zero attached hydrogens (tertiary/aromatic N) is 3. The first-order chi connectivity index (χ1) is 12.0. The van der Waals surface area contributed by atoms with E-state index in [-0.39, 0.29) is 6.42 Å². The lowest BCUT2D eigenvalue weighted by Crippen LogP contribution is -2.56. The lowest BCUT2D eigenvalue weighted by molar-refractivity contribution is -0.158. The van der Waals surface area contributed by atoms with Gasteiger partial charge in [-0.2, -0.15) is 0 Å². The van der Waals surface area contributed by atoms with Crippen molar-refractivity contribution in [1.82, 2.24) is 9.88 Å². The Morgan fingerprint density at radius 2 is 2.04 bits per heavy atom. The number of hydrogen-bond acceptors (Lipinski definition) is 4. The molecule has 3 nitrogen and oxygen atoms in total. The number of alkyl halides is 2. The van der Waals surface area contributed by atoms with Crippen LogP contribution in [0.2, 0.25) is 0 Å². The van der Waals surface area contributed by atoms with E-state index in [2.05, 4.69) is 33.8 Å². The fourth-order valence-corrected chi connectivity index (χ4v) is 5.11. The van der Waals surface area contributed by atoms with Crippen LogP contribution in [0, 0.1) is 12.3 Å². The van der Waals surface area contributed by atoms with Gasteiger partial charge in [-0.3, -0.25) is 9.88 Å². The fraction of sp³-hybridized carbons (Fsp3) is 0.526. The van der Waals surface area contributed by atoms with Gasteiger partial charge in [-0.25, -0.2) is 8.78 Å². The molecule has 2 fully saturated rings. The monoisotopic (exact) mass is 363 g/mol. The molecule has 6 heteroatoms. The topological polar surface area (TPSA) is 19.4 Å². The van der Waals surface area contributed by atoms with Crippen molar-refractivity contribution in [1.29, 1.82) is 0 Å². The molecule has 2 aliphatic rings. The number of thiophene rings is 1. The minimum absolute atomic E-state index is 0.0434. The Labute approximate surface area is 151 Å². The van der Waals surface area contributed by atoms with Crippen LogP contribution < -0.4 is 4.90 Å². The number of halogens is 2. The van der Waals surface area contributed by atoms with Gasteiger partial charge in [0, 0.05) is 55.1 Å². The van der Waals surface area contributed by atoms with Crippen molar-refractivity contribution in [3.05, 3.63) is 46.4 Å². The molecule has 25 heavy (non-hydrogen) atoms. The number of aromatic nitrogens is 1. The van der Waals surface area contributed by atoms with E-state index in [4.69, 9.17) is 0 Å². The molecular weight excluding hydrogens is 340 g/mol. The minimum Gasteiger partial charge on any atom is -0.369 e. The van der Waals surface area contributed by atoms with E-state index in [1.165, 1.54) is 9.75 Å². The van der Waals surface area contributed by atoms with Gasteiger partial charge >= 0.3 is 0 Å². The highest BCUT2D eigenvalue weighted by atomic mass is 32.1. The number of anilines is 1. The number of pyridine rings is 1. The maximum absolute atomic E-state index is 14.9. The first-order valence-corrected chi connectivity index (χ1v) is 9.60. The van der Waals surface area contributed by atoms with Crippen LogP contribution >= 0.6 is 11.3 Å². The molecule has 2 aromatic heterocycles. The van der Waals surface area contributed by atoms with Crippen molar-refractivity contribution in [2.75, 3.05) is 31.1 Å². The summed E-state index contributed by atoms with van der Waals surface area (Å²) in [6.45, 7) is 4.89. The second-order valence-corrected chi connectivity index (χ2v) is 8.71. The zero-order chi connectivity index (χ0) is 17.5. The summed E-state index contributed by atoms with van der Waals surface area (Å²) < 4.78 is 29.8. The van der Waals surface area contributed by atoms with E-state index < -0.39 is 11.3 Å². The van der Waals surface area contributed by atoms with E-state index in [0.29, 0.717) is 32.6 Å². The van der Waals surface area contributed by atoms with Crippen LogP contribution in [0.4, 0.5) is 14.5 Å². The highest BCUT2D eigenvalue weighted by Crippen LogP contribution is 2.50. The molecule has 0 amide bonds. The largest absolute Gasteiger partial charge is 0.369 e. The third-order valence-electron chi connectivity index (χ3n) is 5.58. The van der Waals surface area contributed by atoms with Crippen molar-refractivity contribution in [3.63, 3.8) is 0 Å². The van der Waals surface area contributed by atoms with E-state index in [0.717, 1.165) is 12.2 Å². The van der Waals surface area contributed by atoms with Crippen LogP contribution in [0.5, 0.6) is 0 Å². The van der Waals surface area contributed by atoms with Crippen LogP contribution in [-0.2, 0) is 6.54 Å². The van der Waals surface area contributed by atoms with Gasteiger partial charge in [0.1, 0.15) is 0 Å². The highest BCUT2D eigenvalue weighted by molar-refractivity contribution is 7.11. The molecule has 4 heterocycles. The van der Waals surface area contributed by atoms with Crippen molar-refractivity contribution >= 4 is 17.0 Å². The van der Waals surface area contributed by atoms with Crippen LogP contribution in [-0.4, -0.2) is 42.0 Å². The van der Waals surface area contributed by atoms with E-state index in [1.807, 2.05) is 12.1 Å².